The Morgan fingerprint density at radius 3 is 2.76 bits per heavy atom. The number of nitrogens with one attached hydrogen (secondary N) is 1. The van der Waals surface area contributed by atoms with Gasteiger partial charge >= 0.3 is 0 Å². The Kier molecular flexibility index (Phi) is 6.89. The van der Waals surface area contributed by atoms with E-state index in [0.29, 0.717) is 12.6 Å². The molecule has 98 valence electrons. The summed E-state index contributed by atoms with van der Waals surface area (Å²) in [6.07, 6.45) is 8.25. The Bertz CT molecular complexity index is 297. The smallest absolute Gasteiger partial charge is 0.0951 e. The zero-order valence-electron chi connectivity index (χ0n) is 11.0. The monoisotopic (exact) mass is 239 g/mol. The first kappa shape index (κ1) is 14.2. The molecule has 0 amide bonds. The summed E-state index contributed by atoms with van der Waals surface area (Å²) in [5, 5.41) is 12.1. The molecule has 0 saturated heterocycles. The number of aliphatic hydroxyl groups is 1. The van der Waals surface area contributed by atoms with E-state index in [1.807, 2.05) is 12.5 Å². The summed E-state index contributed by atoms with van der Waals surface area (Å²) in [5.74, 6) is 0. The average Bonchev–Trinajstić information content (AvgIpc) is 2.76. The third kappa shape index (κ3) is 5.33. The largest absolute Gasteiger partial charge is 0.396 e. The van der Waals surface area contributed by atoms with Gasteiger partial charge in [0.25, 0.3) is 0 Å². The van der Waals surface area contributed by atoms with Crippen molar-refractivity contribution in [2.45, 2.75) is 52.1 Å². The molecule has 4 nitrogen and oxygen atoms in total. The lowest BCUT2D eigenvalue weighted by atomic mass is 10.2. The number of imidazole rings is 1. The fourth-order valence-corrected chi connectivity index (χ4v) is 1.87. The molecule has 1 rings (SSSR count). The quantitative estimate of drug-likeness (QED) is 0.649. The predicted octanol–water partition coefficient (Wildman–Crippen LogP) is 2.11. The van der Waals surface area contributed by atoms with E-state index < -0.39 is 0 Å². The van der Waals surface area contributed by atoms with E-state index in [9.17, 15) is 0 Å². The van der Waals surface area contributed by atoms with Crippen molar-refractivity contribution in [2.75, 3.05) is 13.2 Å². The van der Waals surface area contributed by atoms with Crippen molar-refractivity contribution in [3.05, 3.63) is 18.2 Å². The summed E-state index contributed by atoms with van der Waals surface area (Å²) in [6.45, 7) is 6.58. The zero-order chi connectivity index (χ0) is 12.5. The number of rotatable bonds is 9. The summed E-state index contributed by atoms with van der Waals surface area (Å²) < 4.78 is 2.19. The van der Waals surface area contributed by atoms with Crippen molar-refractivity contribution in [3.63, 3.8) is 0 Å². The van der Waals surface area contributed by atoms with Gasteiger partial charge in [-0.3, -0.25) is 0 Å². The van der Waals surface area contributed by atoms with E-state index in [0.717, 1.165) is 25.9 Å². The minimum Gasteiger partial charge on any atom is -0.396 e. The van der Waals surface area contributed by atoms with Gasteiger partial charge in [-0.15, -0.1) is 0 Å². The van der Waals surface area contributed by atoms with Crippen LogP contribution in [0.3, 0.4) is 0 Å². The Morgan fingerprint density at radius 1 is 1.29 bits per heavy atom. The molecular formula is C13H25N3O. The number of unbranched alkanes of at least 4 members (excludes halogenated alkanes) is 3. The van der Waals surface area contributed by atoms with Crippen LogP contribution in [0, 0.1) is 0 Å². The molecule has 0 saturated carbocycles. The normalized spacial score (nSPS) is 11.3. The highest BCUT2D eigenvalue weighted by Gasteiger charge is 2.03. The van der Waals surface area contributed by atoms with Gasteiger partial charge in [-0.2, -0.15) is 0 Å². The van der Waals surface area contributed by atoms with Crippen LogP contribution in [-0.4, -0.2) is 27.8 Å². The maximum Gasteiger partial charge on any atom is 0.0951 e. The number of hydrogen-bond donors (Lipinski definition) is 2. The zero-order valence-corrected chi connectivity index (χ0v) is 11.0. The van der Waals surface area contributed by atoms with Crippen molar-refractivity contribution < 1.29 is 5.11 Å². The highest BCUT2D eigenvalue weighted by molar-refractivity contribution is 4.99. The van der Waals surface area contributed by atoms with Crippen LogP contribution in [0.25, 0.3) is 0 Å². The third-order valence-electron chi connectivity index (χ3n) is 2.87. The predicted molar refractivity (Wildman–Crippen MR) is 69.9 cm³/mol. The van der Waals surface area contributed by atoms with Gasteiger partial charge in [0.05, 0.1) is 12.0 Å². The second kappa shape index (κ2) is 8.25. The molecule has 0 spiro atoms. The molecule has 0 bridgehead atoms. The first-order valence-corrected chi connectivity index (χ1v) is 6.58. The van der Waals surface area contributed by atoms with E-state index >= 15 is 0 Å². The van der Waals surface area contributed by atoms with Crippen LogP contribution in [0.5, 0.6) is 0 Å². The van der Waals surface area contributed by atoms with Gasteiger partial charge in [-0.05, 0) is 33.2 Å². The Labute approximate surface area is 104 Å². The van der Waals surface area contributed by atoms with Crippen LogP contribution < -0.4 is 5.32 Å². The Balaban J connectivity index is 2.11. The number of aliphatic hydroxyl groups excluding tert-OH is 1. The Hall–Kier alpha value is -0.870. The first-order chi connectivity index (χ1) is 8.25. The fraction of sp³-hybridized carbons (Fsp3) is 0.769. The molecule has 0 aromatic carbocycles. The van der Waals surface area contributed by atoms with Crippen molar-refractivity contribution in [1.82, 2.24) is 14.9 Å². The van der Waals surface area contributed by atoms with Crippen molar-refractivity contribution in [1.29, 1.82) is 0 Å². The molecule has 0 aliphatic carbocycles. The van der Waals surface area contributed by atoms with Crippen LogP contribution in [0.2, 0.25) is 0 Å². The topological polar surface area (TPSA) is 50.1 Å². The van der Waals surface area contributed by atoms with Crippen LogP contribution >= 0.6 is 0 Å². The fourth-order valence-electron chi connectivity index (χ4n) is 1.87. The number of aromatic nitrogens is 2. The molecular weight excluding hydrogens is 214 g/mol. The number of hydrogen-bond acceptors (Lipinski definition) is 3. The van der Waals surface area contributed by atoms with Gasteiger partial charge in [-0.25, -0.2) is 4.98 Å². The molecule has 0 unspecified atom stereocenters. The van der Waals surface area contributed by atoms with Crippen LogP contribution in [0.4, 0.5) is 0 Å². The van der Waals surface area contributed by atoms with Crippen LogP contribution in [-0.2, 0) is 6.54 Å². The van der Waals surface area contributed by atoms with E-state index in [1.165, 1.54) is 18.5 Å². The summed E-state index contributed by atoms with van der Waals surface area (Å²) in [5.41, 5.74) is 1.25. The van der Waals surface area contributed by atoms with Crippen molar-refractivity contribution >= 4 is 0 Å². The summed E-state index contributed by atoms with van der Waals surface area (Å²) in [4.78, 5) is 4.18. The molecule has 0 atom stereocenters. The highest BCUT2D eigenvalue weighted by atomic mass is 16.2. The molecule has 1 aromatic rings. The van der Waals surface area contributed by atoms with Gasteiger partial charge in [0.1, 0.15) is 0 Å². The molecule has 4 heteroatoms. The second-order valence-electron chi connectivity index (χ2n) is 4.70. The van der Waals surface area contributed by atoms with Gasteiger partial charge in [0, 0.05) is 25.4 Å². The Morgan fingerprint density at radius 2 is 2.06 bits per heavy atom. The van der Waals surface area contributed by atoms with Crippen molar-refractivity contribution in [3.8, 4) is 0 Å². The maximum absolute atomic E-state index is 8.65. The standard InChI is InChI=1S/C13H25N3O/c1-12(2)16-11-15-10-13(16)9-14-7-5-3-4-6-8-17/h10-12,14,17H,3-9H2,1-2H3. The molecule has 0 aliphatic heterocycles. The van der Waals surface area contributed by atoms with Gasteiger partial charge in [0.2, 0.25) is 0 Å². The molecule has 17 heavy (non-hydrogen) atoms. The van der Waals surface area contributed by atoms with Crippen molar-refractivity contribution in [2.24, 2.45) is 0 Å². The molecule has 0 aliphatic rings. The SMILES string of the molecule is CC(C)n1cncc1CNCCCCCCO. The van der Waals surface area contributed by atoms with E-state index in [4.69, 9.17) is 5.11 Å². The molecule has 0 radical (unpaired) electrons. The second-order valence-corrected chi connectivity index (χ2v) is 4.70. The minimum atomic E-state index is 0.320. The maximum atomic E-state index is 8.65. The minimum absolute atomic E-state index is 0.320. The molecule has 0 fully saturated rings. The van der Waals surface area contributed by atoms with E-state index in [2.05, 4.69) is 28.7 Å². The lowest BCUT2D eigenvalue weighted by molar-refractivity contribution is 0.282. The summed E-state index contributed by atoms with van der Waals surface area (Å²) >= 11 is 0. The highest BCUT2D eigenvalue weighted by Crippen LogP contribution is 2.08. The van der Waals surface area contributed by atoms with E-state index in [-0.39, 0.29) is 0 Å². The molecule has 2 N–H and O–H groups in total. The van der Waals surface area contributed by atoms with Gasteiger partial charge in [0.15, 0.2) is 0 Å². The van der Waals surface area contributed by atoms with Gasteiger partial charge in [-0.1, -0.05) is 12.8 Å². The summed E-state index contributed by atoms with van der Waals surface area (Å²) in [6, 6.07) is 0.471. The molecule has 1 heterocycles. The number of nitrogens with zero attached hydrogens (tertiary/aromatic N) is 2. The summed E-state index contributed by atoms with van der Waals surface area (Å²) in [7, 11) is 0. The van der Waals surface area contributed by atoms with Crippen LogP contribution in [0.15, 0.2) is 12.5 Å². The van der Waals surface area contributed by atoms with Gasteiger partial charge < -0.3 is 15.0 Å². The first-order valence-electron chi connectivity index (χ1n) is 6.58. The average molecular weight is 239 g/mol. The lowest BCUT2D eigenvalue weighted by Gasteiger charge is -2.12. The van der Waals surface area contributed by atoms with Crippen LogP contribution in [0.1, 0.15) is 51.3 Å². The van der Waals surface area contributed by atoms with E-state index in [1.54, 1.807) is 0 Å². The lowest BCUT2D eigenvalue weighted by Crippen LogP contribution is -2.18. The molecule has 1 aromatic heterocycles. The third-order valence-corrected chi connectivity index (χ3v) is 2.87.